The van der Waals surface area contributed by atoms with Crippen molar-refractivity contribution in [3.8, 4) is 11.3 Å². The molecular weight excluding hydrogens is 278 g/mol. The molecule has 0 radical (unpaired) electrons. The van der Waals surface area contributed by atoms with Gasteiger partial charge in [-0.2, -0.15) is 14.8 Å². The second-order valence-corrected chi connectivity index (χ2v) is 5.08. The second-order valence-electron chi connectivity index (χ2n) is 5.08. The summed E-state index contributed by atoms with van der Waals surface area (Å²) in [4.78, 5) is 11.1. The van der Waals surface area contributed by atoms with Gasteiger partial charge in [0.05, 0.1) is 17.4 Å². The van der Waals surface area contributed by atoms with Crippen LogP contribution in [0.2, 0.25) is 0 Å². The van der Waals surface area contributed by atoms with Gasteiger partial charge in [-0.05, 0) is 38.2 Å². The molecule has 0 amide bonds. The Hall–Kier alpha value is -2.54. The van der Waals surface area contributed by atoms with E-state index in [1.165, 1.54) is 0 Å². The molecule has 3 heterocycles. The van der Waals surface area contributed by atoms with Gasteiger partial charge < -0.3 is 10.2 Å². The van der Waals surface area contributed by atoms with Crippen LogP contribution in [-0.2, 0) is 0 Å². The van der Waals surface area contributed by atoms with Crippen molar-refractivity contribution in [3.63, 3.8) is 0 Å². The summed E-state index contributed by atoms with van der Waals surface area (Å²) < 4.78 is 1.60. The highest BCUT2D eigenvalue weighted by Gasteiger charge is 2.11. The molecule has 0 aliphatic heterocycles. The van der Waals surface area contributed by atoms with Crippen LogP contribution in [-0.4, -0.2) is 52.0 Å². The second kappa shape index (κ2) is 6.48. The van der Waals surface area contributed by atoms with Crippen LogP contribution in [0.25, 0.3) is 16.8 Å². The number of hydrogen-bond donors (Lipinski definition) is 1. The lowest BCUT2D eigenvalue weighted by atomic mass is 10.2. The van der Waals surface area contributed by atoms with Crippen molar-refractivity contribution < 1.29 is 0 Å². The van der Waals surface area contributed by atoms with Crippen LogP contribution in [0.3, 0.4) is 0 Å². The smallest absolute Gasteiger partial charge is 0.225 e. The lowest BCUT2D eigenvalue weighted by Crippen LogP contribution is -2.24. The first-order valence-corrected chi connectivity index (χ1v) is 7.28. The Labute approximate surface area is 129 Å². The number of aromatic nitrogens is 5. The van der Waals surface area contributed by atoms with Crippen LogP contribution in [0.4, 0.5) is 5.95 Å². The Kier molecular flexibility index (Phi) is 4.24. The van der Waals surface area contributed by atoms with Crippen LogP contribution in [0.5, 0.6) is 0 Å². The van der Waals surface area contributed by atoms with E-state index >= 15 is 0 Å². The van der Waals surface area contributed by atoms with Crippen molar-refractivity contribution in [1.82, 2.24) is 30.1 Å². The van der Waals surface area contributed by atoms with E-state index in [1.807, 2.05) is 32.3 Å². The monoisotopic (exact) mass is 297 g/mol. The van der Waals surface area contributed by atoms with Gasteiger partial charge in [-0.15, -0.1) is 0 Å². The van der Waals surface area contributed by atoms with Gasteiger partial charge in [0.15, 0.2) is 0 Å². The molecule has 1 N–H and O–H groups in total. The summed E-state index contributed by atoms with van der Waals surface area (Å²) >= 11 is 0. The minimum atomic E-state index is 0.719. The predicted octanol–water partition coefficient (Wildman–Crippen LogP) is 1.23. The fourth-order valence-electron chi connectivity index (χ4n) is 2.31. The average molecular weight is 297 g/mol. The van der Waals surface area contributed by atoms with Crippen LogP contribution >= 0.6 is 0 Å². The third-order valence-corrected chi connectivity index (χ3v) is 3.48. The Morgan fingerprint density at radius 1 is 1.23 bits per heavy atom. The molecule has 0 spiro atoms. The van der Waals surface area contributed by atoms with E-state index in [4.69, 9.17) is 0 Å². The Balaban J connectivity index is 1.87. The van der Waals surface area contributed by atoms with Crippen LogP contribution in [0.15, 0.2) is 36.8 Å². The van der Waals surface area contributed by atoms with E-state index in [0.717, 1.165) is 42.2 Å². The topological polar surface area (TPSA) is 71.2 Å². The maximum atomic E-state index is 4.66. The van der Waals surface area contributed by atoms with Gasteiger partial charge in [-0.25, -0.2) is 9.97 Å². The van der Waals surface area contributed by atoms with Crippen LogP contribution in [0, 0.1) is 0 Å². The van der Waals surface area contributed by atoms with Crippen LogP contribution in [0.1, 0.15) is 6.42 Å². The lowest BCUT2D eigenvalue weighted by molar-refractivity contribution is 0.704. The quantitative estimate of drug-likeness (QED) is 0.690. The summed E-state index contributed by atoms with van der Waals surface area (Å²) in [5.74, 6) is 0.719. The minimum absolute atomic E-state index is 0.719. The molecule has 0 saturated heterocycles. The summed E-state index contributed by atoms with van der Waals surface area (Å²) in [6.07, 6.45) is 6.33. The number of rotatable bonds is 6. The third kappa shape index (κ3) is 2.89. The number of hydrogen-bond acceptors (Lipinski definition) is 6. The molecule has 114 valence electrons. The highest BCUT2D eigenvalue weighted by molar-refractivity contribution is 5.77. The average Bonchev–Trinajstić information content (AvgIpc) is 2.99. The zero-order valence-corrected chi connectivity index (χ0v) is 12.8. The van der Waals surface area contributed by atoms with Crippen molar-refractivity contribution in [1.29, 1.82) is 0 Å². The zero-order chi connectivity index (χ0) is 15.4. The molecule has 0 atom stereocenters. The van der Waals surface area contributed by atoms with E-state index in [-0.39, 0.29) is 0 Å². The molecule has 3 rings (SSSR count). The number of nitrogens with zero attached hydrogens (tertiary/aromatic N) is 6. The fraction of sp³-hybridized carbons (Fsp3) is 0.333. The van der Waals surface area contributed by atoms with Crippen molar-refractivity contribution in [2.24, 2.45) is 0 Å². The molecular formula is C15H19N7. The van der Waals surface area contributed by atoms with E-state index in [0.29, 0.717) is 0 Å². The number of fused-ring (bicyclic) bond motifs is 1. The maximum absolute atomic E-state index is 4.66. The molecule has 0 bridgehead atoms. The van der Waals surface area contributed by atoms with Gasteiger partial charge in [0, 0.05) is 31.5 Å². The summed E-state index contributed by atoms with van der Waals surface area (Å²) in [7, 11) is 3.96. The number of anilines is 1. The van der Waals surface area contributed by atoms with E-state index in [9.17, 15) is 0 Å². The molecule has 7 nitrogen and oxygen atoms in total. The summed E-state index contributed by atoms with van der Waals surface area (Å²) in [5.41, 5.74) is 2.75. The predicted molar refractivity (Wildman–Crippen MR) is 85.8 cm³/mol. The van der Waals surface area contributed by atoms with Crippen molar-refractivity contribution >= 4 is 11.5 Å². The molecule has 3 aromatic rings. The molecule has 0 aliphatic rings. The molecule has 0 unspecified atom stereocenters. The van der Waals surface area contributed by atoms with E-state index in [1.54, 1.807) is 23.2 Å². The Morgan fingerprint density at radius 3 is 3.00 bits per heavy atom. The first kappa shape index (κ1) is 14.4. The third-order valence-electron chi connectivity index (χ3n) is 3.48. The lowest BCUT2D eigenvalue weighted by Gasteiger charge is -2.17. The van der Waals surface area contributed by atoms with Crippen molar-refractivity contribution in [2.75, 3.05) is 32.1 Å². The Bertz CT molecular complexity index is 752. The fourth-order valence-corrected chi connectivity index (χ4v) is 2.31. The zero-order valence-electron chi connectivity index (χ0n) is 12.8. The maximum Gasteiger partial charge on any atom is 0.225 e. The first-order chi connectivity index (χ1) is 10.8. The molecule has 22 heavy (non-hydrogen) atoms. The molecule has 7 heteroatoms. The van der Waals surface area contributed by atoms with Gasteiger partial charge in [-0.1, -0.05) is 0 Å². The summed E-state index contributed by atoms with van der Waals surface area (Å²) in [6, 6.07) is 5.77. The van der Waals surface area contributed by atoms with Gasteiger partial charge in [-0.3, -0.25) is 0 Å². The van der Waals surface area contributed by atoms with Crippen molar-refractivity contribution in [2.45, 2.75) is 6.42 Å². The Morgan fingerprint density at radius 2 is 2.14 bits per heavy atom. The largest absolute Gasteiger partial charge is 0.344 e. The SMILES string of the molecule is CNCCCN(C)c1nccc(-c2cnn3ncccc23)n1. The van der Waals surface area contributed by atoms with Gasteiger partial charge in [0.1, 0.15) is 0 Å². The molecule has 0 saturated carbocycles. The molecule has 0 fully saturated rings. The van der Waals surface area contributed by atoms with Gasteiger partial charge in [0.25, 0.3) is 0 Å². The van der Waals surface area contributed by atoms with E-state index < -0.39 is 0 Å². The van der Waals surface area contributed by atoms with Gasteiger partial charge >= 0.3 is 0 Å². The van der Waals surface area contributed by atoms with Crippen molar-refractivity contribution in [3.05, 3.63) is 36.8 Å². The summed E-state index contributed by atoms with van der Waals surface area (Å²) in [6.45, 7) is 1.88. The van der Waals surface area contributed by atoms with E-state index in [2.05, 4.69) is 30.4 Å². The van der Waals surface area contributed by atoms with Gasteiger partial charge in [0.2, 0.25) is 5.95 Å². The molecule has 0 aliphatic carbocycles. The first-order valence-electron chi connectivity index (χ1n) is 7.28. The van der Waals surface area contributed by atoms with Crippen LogP contribution < -0.4 is 10.2 Å². The minimum Gasteiger partial charge on any atom is -0.344 e. The molecule has 0 aromatic carbocycles. The standard InChI is InChI=1S/C15H19N7/c1-16-7-4-10-21(2)15-17-9-6-13(20-15)12-11-19-22-14(12)5-3-8-18-22/h3,5-6,8-9,11,16H,4,7,10H2,1-2H3. The molecule has 3 aromatic heterocycles. The number of nitrogens with one attached hydrogen (secondary N) is 1. The highest BCUT2D eigenvalue weighted by Crippen LogP contribution is 2.22. The highest BCUT2D eigenvalue weighted by atomic mass is 15.4. The normalized spacial score (nSPS) is 11.0. The summed E-state index contributed by atoms with van der Waals surface area (Å²) in [5, 5.41) is 11.6.